The van der Waals surface area contributed by atoms with Crippen LogP contribution in [0.2, 0.25) is 0 Å². The Morgan fingerprint density at radius 2 is 2.14 bits per heavy atom. The van der Waals surface area contributed by atoms with Gasteiger partial charge in [0.05, 0.1) is 17.6 Å². The van der Waals surface area contributed by atoms with Crippen molar-refractivity contribution in [1.82, 2.24) is 5.06 Å². The second-order valence-corrected chi connectivity index (χ2v) is 6.51. The molecule has 4 heterocycles. The fraction of sp³-hybridized carbons (Fsp3) is 0.562. The van der Waals surface area contributed by atoms with Gasteiger partial charge in [-0.05, 0) is 24.8 Å². The van der Waals surface area contributed by atoms with Crippen molar-refractivity contribution in [1.29, 1.82) is 0 Å². The van der Waals surface area contributed by atoms with Crippen LogP contribution in [0.5, 0.6) is 0 Å². The fourth-order valence-corrected chi connectivity index (χ4v) is 4.76. The van der Waals surface area contributed by atoms with E-state index in [0.29, 0.717) is 6.61 Å². The van der Waals surface area contributed by atoms with Gasteiger partial charge in [0.2, 0.25) is 6.29 Å². The Labute approximate surface area is 122 Å². The lowest BCUT2D eigenvalue weighted by molar-refractivity contribution is -0.186. The number of carbonyl (C=O) groups excluding carboxylic acids is 1. The maximum Gasteiger partial charge on any atom is 0.340 e. The van der Waals surface area contributed by atoms with E-state index in [1.54, 1.807) is 0 Å². The third kappa shape index (κ3) is 1.26. The first-order valence-corrected chi connectivity index (χ1v) is 7.57. The molecule has 110 valence electrons. The Balaban J connectivity index is 1.65. The number of nitrogens with zero attached hydrogens (tertiary/aromatic N) is 1. The van der Waals surface area contributed by atoms with Crippen LogP contribution in [-0.4, -0.2) is 42.1 Å². The number of hydrogen-bond donors (Lipinski definition) is 0. The highest BCUT2D eigenvalue weighted by Gasteiger charge is 2.80. The summed E-state index contributed by atoms with van der Waals surface area (Å²) in [5.74, 6) is -0.274. The number of benzene rings is 1. The molecule has 0 bridgehead atoms. The highest BCUT2D eigenvalue weighted by atomic mass is 16.8. The predicted molar refractivity (Wildman–Crippen MR) is 72.0 cm³/mol. The summed E-state index contributed by atoms with van der Waals surface area (Å²) < 4.78 is 11.4. The molecule has 21 heavy (non-hydrogen) atoms. The van der Waals surface area contributed by atoms with Gasteiger partial charge in [0, 0.05) is 6.54 Å². The van der Waals surface area contributed by atoms with Gasteiger partial charge in [0.15, 0.2) is 6.10 Å². The Morgan fingerprint density at radius 3 is 3.00 bits per heavy atom. The maximum atomic E-state index is 12.2. The lowest BCUT2D eigenvalue weighted by Crippen LogP contribution is -2.53. The van der Waals surface area contributed by atoms with Gasteiger partial charge in [-0.3, -0.25) is 4.84 Å². The van der Waals surface area contributed by atoms with Crippen molar-refractivity contribution in [3.63, 3.8) is 0 Å². The summed E-state index contributed by atoms with van der Waals surface area (Å²) in [6.45, 7) is 1.46. The molecule has 5 heteroatoms. The molecule has 4 aliphatic heterocycles. The van der Waals surface area contributed by atoms with E-state index in [1.165, 1.54) is 5.56 Å². The molecule has 4 fully saturated rings. The molecule has 4 saturated heterocycles. The number of esters is 1. The molecular formula is C16H17NO4. The van der Waals surface area contributed by atoms with E-state index >= 15 is 0 Å². The van der Waals surface area contributed by atoms with E-state index in [9.17, 15) is 4.79 Å². The molecule has 4 aliphatic rings. The molecule has 0 aromatic heterocycles. The average Bonchev–Trinajstić information content (AvgIpc) is 3.15. The highest BCUT2D eigenvalue weighted by Crippen LogP contribution is 2.63. The first-order valence-electron chi connectivity index (χ1n) is 7.57. The lowest BCUT2D eigenvalue weighted by atomic mass is 9.65. The molecule has 4 atom stereocenters. The predicted octanol–water partition coefficient (Wildman–Crippen LogP) is 1.28. The molecule has 0 N–H and O–H groups in total. The van der Waals surface area contributed by atoms with Crippen LogP contribution in [0.25, 0.3) is 0 Å². The third-order valence-electron chi connectivity index (χ3n) is 5.67. The molecular weight excluding hydrogens is 270 g/mol. The summed E-state index contributed by atoms with van der Waals surface area (Å²) in [4.78, 5) is 18.2. The number of carbonyl (C=O) groups is 1. The zero-order valence-corrected chi connectivity index (χ0v) is 11.7. The van der Waals surface area contributed by atoms with Gasteiger partial charge >= 0.3 is 5.97 Å². The van der Waals surface area contributed by atoms with Crippen molar-refractivity contribution in [2.45, 2.75) is 37.2 Å². The summed E-state index contributed by atoms with van der Waals surface area (Å²) >= 11 is 0. The Morgan fingerprint density at radius 1 is 1.29 bits per heavy atom. The maximum absolute atomic E-state index is 12.2. The standard InChI is InChI=1S/C16H17NO4/c18-13-12-16(9-11-5-2-1-3-6-11)14(20-13)19-10-15(16)7-4-8-17(15)21-12/h1-3,5-6,12,14H,4,7-10H2/t12-,14+,15+,16-/m1/s1. The van der Waals surface area contributed by atoms with Crippen molar-refractivity contribution in [2.75, 3.05) is 13.2 Å². The summed E-state index contributed by atoms with van der Waals surface area (Å²) in [5, 5.41) is 2.01. The largest absolute Gasteiger partial charge is 0.433 e. The minimum atomic E-state index is -0.523. The molecule has 0 unspecified atom stereocenters. The minimum absolute atomic E-state index is 0.204. The second kappa shape index (κ2) is 3.85. The van der Waals surface area contributed by atoms with Crippen molar-refractivity contribution < 1.29 is 19.1 Å². The summed E-state index contributed by atoms with van der Waals surface area (Å²) in [5.41, 5.74) is 0.597. The van der Waals surface area contributed by atoms with E-state index < -0.39 is 17.8 Å². The number of ether oxygens (including phenoxy) is 2. The zero-order valence-electron chi connectivity index (χ0n) is 11.7. The highest BCUT2D eigenvalue weighted by molar-refractivity contribution is 5.80. The summed E-state index contributed by atoms with van der Waals surface area (Å²) in [7, 11) is 0. The van der Waals surface area contributed by atoms with Gasteiger partial charge in [-0.2, -0.15) is 5.06 Å². The Hall–Kier alpha value is -1.43. The SMILES string of the molecule is O=C1O[C@@H]2OC[C@]34CCCN3O[C@H]1[C@]24Cc1ccccc1. The van der Waals surface area contributed by atoms with Crippen molar-refractivity contribution in [3.8, 4) is 0 Å². The topological polar surface area (TPSA) is 48.0 Å². The quantitative estimate of drug-likeness (QED) is 0.767. The summed E-state index contributed by atoms with van der Waals surface area (Å²) in [6, 6.07) is 10.3. The molecule has 1 spiro atoms. The molecule has 0 saturated carbocycles. The third-order valence-corrected chi connectivity index (χ3v) is 5.67. The van der Waals surface area contributed by atoms with Crippen LogP contribution in [-0.2, 0) is 25.5 Å². The molecule has 1 aromatic carbocycles. The van der Waals surface area contributed by atoms with Gasteiger partial charge < -0.3 is 9.47 Å². The smallest absolute Gasteiger partial charge is 0.340 e. The van der Waals surface area contributed by atoms with Crippen molar-refractivity contribution in [3.05, 3.63) is 35.9 Å². The van der Waals surface area contributed by atoms with Crippen LogP contribution >= 0.6 is 0 Å². The van der Waals surface area contributed by atoms with Gasteiger partial charge in [-0.25, -0.2) is 4.79 Å². The van der Waals surface area contributed by atoms with Gasteiger partial charge in [-0.15, -0.1) is 0 Å². The molecule has 0 aliphatic carbocycles. The normalized spacial score (nSPS) is 43.9. The first-order chi connectivity index (χ1) is 10.3. The van der Waals surface area contributed by atoms with Crippen LogP contribution in [0.4, 0.5) is 0 Å². The van der Waals surface area contributed by atoms with E-state index in [1.807, 2.05) is 23.3 Å². The Kier molecular flexibility index (Phi) is 2.23. The van der Waals surface area contributed by atoms with E-state index in [0.717, 1.165) is 25.8 Å². The number of hydrogen-bond acceptors (Lipinski definition) is 5. The van der Waals surface area contributed by atoms with E-state index in [4.69, 9.17) is 14.3 Å². The van der Waals surface area contributed by atoms with Crippen LogP contribution in [0.15, 0.2) is 30.3 Å². The minimum Gasteiger partial charge on any atom is -0.433 e. The lowest BCUT2D eigenvalue weighted by Gasteiger charge is -2.36. The van der Waals surface area contributed by atoms with E-state index in [-0.39, 0.29) is 11.5 Å². The van der Waals surface area contributed by atoms with Crippen molar-refractivity contribution in [2.24, 2.45) is 5.41 Å². The van der Waals surface area contributed by atoms with Crippen LogP contribution < -0.4 is 0 Å². The molecule has 1 aromatic rings. The monoisotopic (exact) mass is 287 g/mol. The van der Waals surface area contributed by atoms with Gasteiger partial charge in [0.25, 0.3) is 0 Å². The number of rotatable bonds is 2. The first kappa shape index (κ1) is 12.1. The Bertz CT molecular complexity index is 606. The second-order valence-electron chi connectivity index (χ2n) is 6.51. The zero-order chi connectivity index (χ0) is 14.1. The number of hydroxylamine groups is 2. The fourth-order valence-electron chi connectivity index (χ4n) is 4.76. The summed E-state index contributed by atoms with van der Waals surface area (Å²) in [6.07, 6.45) is 1.84. The van der Waals surface area contributed by atoms with Crippen LogP contribution in [0, 0.1) is 5.41 Å². The molecule has 5 rings (SSSR count). The molecule has 0 radical (unpaired) electrons. The van der Waals surface area contributed by atoms with Crippen molar-refractivity contribution >= 4 is 5.97 Å². The van der Waals surface area contributed by atoms with Gasteiger partial charge in [-0.1, -0.05) is 30.3 Å². The average molecular weight is 287 g/mol. The molecule has 5 nitrogen and oxygen atoms in total. The van der Waals surface area contributed by atoms with Crippen LogP contribution in [0.1, 0.15) is 18.4 Å². The van der Waals surface area contributed by atoms with Gasteiger partial charge in [0.1, 0.15) is 0 Å². The van der Waals surface area contributed by atoms with Crippen LogP contribution in [0.3, 0.4) is 0 Å². The van der Waals surface area contributed by atoms with E-state index in [2.05, 4.69) is 12.1 Å². The molecule has 0 amide bonds.